The molecule has 2 saturated carbocycles. The van der Waals surface area contributed by atoms with E-state index in [0.29, 0.717) is 12.1 Å². The molecule has 3 amide bonds. The zero-order valence-corrected chi connectivity index (χ0v) is 14.0. The Morgan fingerprint density at radius 2 is 1.27 bits per heavy atom. The summed E-state index contributed by atoms with van der Waals surface area (Å²) in [5, 5.41) is 8.70. The van der Waals surface area contributed by atoms with Crippen molar-refractivity contribution in [2.75, 3.05) is 7.05 Å². The Hall–Kier alpha value is -1.26. The standard InChI is InChI=1S/C17H31N3O2/c1-12(21)19-15-7-3-13(4-8-15)11-14-5-9-16(10-6-14)20-17(22)18-2/h13-16H,3-11H2,1-2H3,(H,19,21)(H2,18,20,22). The van der Waals surface area contributed by atoms with E-state index in [0.717, 1.165) is 37.5 Å². The van der Waals surface area contributed by atoms with E-state index in [1.165, 1.54) is 32.1 Å². The normalized spacial score (nSPS) is 32.1. The van der Waals surface area contributed by atoms with Crippen LogP contribution in [0.25, 0.3) is 0 Å². The summed E-state index contributed by atoms with van der Waals surface area (Å²) in [7, 11) is 1.66. The first-order valence-corrected chi connectivity index (χ1v) is 8.82. The molecule has 2 fully saturated rings. The molecule has 0 aromatic rings. The van der Waals surface area contributed by atoms with Gasteiger partial charge in [-0.05, 0) is 69.6 Å². The molecule has 22 heavy (non-hydrogen) atoms. The predicted octanol–water partition coefficient (Wildman–Crippen LogP) is 2.56. The Morgan fingerprint density at radius 1 is 0.818 bits per heavy atom. The van der Waals surface area contributed by atoms with Crippen molar-refractivity contribution in [3.8, 4) is 0 Å². The summed E-state index contributed by atoms with van der Waals surface area (Å²) in [5.41, 5.74) is 0. The minimum atomic E-state index is -0.0558. The van der Waals surface area contributed by atoms with Gasteiger partial charge in [0.25, 0.3) is 0 Å². The molecule has 0 atom stereocenters. The summed E-state index contributed by atoms with van der Waals surface area (Å²) >= 11 is 0. The molecule has 5 nitrogen and oxygen atoms in total. The molecule has 0 heterocycles. The number of carbonyl (C=O) groups excluding carboxylic acids is 2. The molecule has 2 aliphatic carbocycles. The monoisotopic (exact) mass is 309 g/mol. The van der Waals surface area contributed by atoms with Crippen LogP contribution in [-0.2, 0) is 4.79 Å². The lowest BCUT2D eigenvalue weighted by Crippen LogP contribution is -2.42. The maximum Gasteiger partial charge on any atom is 0.314 e. The number of carbonyl (C=O) groups is 2. The fourth-order valence-corrected chi connectivity index (χ4v) is 4.10. The van der Waals surface area contributed by atoms with Crippen LogP contribution in [0.2, 0.25) is 0 Å². The quantitative estimate of drug-likeness (QED) is 0.747. The van der Waals surface area contributed by atoms with Gasteiger partial charge in [-0.15, -0.1) is 0 Å². The predicted molar refractivity (Wildman–Crippen MR) is 87.5 cm³/mol. The third kappa shape index (κ3) is 5.50. The lowest BCUT2D eigenvalue weighted by molar-refractivity contribution is -0.119. The molecule has 0 aromatic heterocycles. The summed E-state index contributed by atoms with van der Waals surface area (Å²) in [6.45, 7) is 1.61. The molecule has 0 saturated heterocycles. The minimum absolute atomic E-state index is 0.0558. The van der Waals surface area contributed by atoms with Crippen LogP contribution >= 0.6 is 0 Å². The summed E-state index contributed by atoms with van der Waals surface area (Å²) < 4.78 is 0. The zero-order chi connectivity index (χ0) is 15.9. The molecular weight excluding hydrogens is 278 g/mol. The van der Waals surface area contributed by atoms with E-state index in [1.54, 1.807) is 14.0 Å². The van der Waals surface area contributed by atoms with Crippen molar-refractivity contribution in [3.63, 3.8) is 0 Å². The lowest BCUT2D eigenvalue weighted by Gasteiger charge is -2.34. The molecule has 126 valence electrons. The first kappa shape index (κ1) is 17.1. The lowest BCUT2D eigenvalue weighted by atomic mass is 9.75. The second-order valence-corrected chi connectivity index (χ2v) is 7.09. The molecule has 5 heteroatoms. The van der Waals surface area contributed by atoms with Gasteiger partial charge in [0.2, 0.25) is 5.91 Å². The van der Waals surface area contributed by atoms with Crippen molar-refractivity contribution in [2.24, 2.45) is 11.8 Å². The van der Waals surface area contributed by atoms with Gasteiger partial charge in [0.05, 0.1) is 0 Å². The first-order chi connectivity index (χ1) is 10.6. The van der Waals surface area contributed by atoms with Crippen molar-refractivity contribution in [1.82, 2.24) is 16.0 Å². The van der Waals surface area contributed by atoms with Crippen LogP contribution in [0, 0.1) is 11.8 Å². The number of urea groups is 1. The molecule has 0 aromatic carbocycles. The average molecular weight is 309 g/mol. The number of rotatable bonds is 4. The van der Waals surface area contributed by atoms with E-state index in [-0.39, 0.29) is 11.9 Å². The Labute approximate surface area is 134 Å². The number of hydrogen-bond acceptors (Lipinski definition) is 2. The van der Waals surface area contributed by atoms with E-state index in [9.17, 15) is 9.59 Å². The highest BCUT2D eigenvalue weighted by atomic mass is 16.2. The van der Waals surface area contributed by atoms with E-state index in [4.69, 9.17) is 0 Å². The van der Waals surface area contributed by atoms with Crippen LogP contribution in [-0.4, -0.2) is 31.1 Å². The Kier molecular flexibility index (Phi) is 6.52. The van der Waals surface area contributed by atoms with E-state index >= 15 is 0 Å². The van der Waals surface area contributed by atoms with Crippen molar-refractivity contribution in [1.29, 1.82) is 0 Å². The largest absolute Gasteiger partial charge is 0.354 e. The fraction of sp³-hybridized carbons (Fsp3) is 0.882. The number of hydrogen-bond donors (Lipinski definition) is 3. The summed E-state index contributed by atoms with van der Waals surface area (Å²) in [5.74, 6) is 1.76. The van der Waals surface area contributed by atoms with Crippen LogP contribution in [0.5, 0.6) is 0 Å². The van der Waals surface area contributed by atoms with Gasteiger partial charge in [0, 0.05) is 26.1 Å². The minimum Gasteiger partial charge on any atom is -0.354 e. The Morgan fingerprint density at radius 3 is 1.68 bits per heavy atom. The van der Waals surface area contributed by atoms with Crippen molar-refractivity contribution < 1.29 is 9.59 Å². The molecule has 3 N–H and O–H groups in total. The van der Waals surface area contributed by atoms with E-state index in [2.05, 4.69) is 16.0 Å². The topological polar surface area (TPSA) is 70.2 Å². The van der Waals surface area contributed by atoms with Gasteiger partial charge in [-0.1, -0.05) is 0 Å². The molecule has 0 unspecified atom stereocenters. The second kappa shape index (κ2) is 8.39. The molecule has 0 radical (unpaired) electrons. The molecular formula is C17H31N3O2. The van der Waals surface area contributed by atoms with Crippen molar-refractivity contribution >= 4 is 11.9 Å². The second-order valence-electron chi connectivity index (χ2n) is 7.09. The highest BCUT2D eigenvalue weighted by Crippen LogP contribution is 2.35. The first-order valence-electron chi connectivity index (χ1n) is 8.82. The highest BCUT2D eigenvalue weighted by molar-refractivity contribution is 5.73. The van der Waals surface area contributed by atoms with Gasteiger partial charge in [0.15, 0.2) is 0 Å². The van der Waals surface area contributed by atoms with Crippen LogP contribution < -0.4 is 16.0 Å². The third-order valence-electron chi connectivity index (χ3n) is 5.33. The van der Waals surface area contributed by atoms with Gasteiger partial charge < -0.3 is 16.0 Å². The molecule has 0 spiro atoms. The van der Waals surface area contributed by atoms with Gasteiger partial charge in [0.1, 0.15) is 0 Å². The SMILES string of the molecule is CNC(=O)NC1CCC(CC2CCC(NC(C)=O)CC2)CC1. The summed E-state index contributed by atoms with van der Waals surface area (Å²) in [6.07, 6.45) is 10.8. The zero-order valence-electron chi connectivity index (χ0n) is 14.0. The average Bonchev–Trinajstić information content (AvgIpc) is 2.50. The molecule has 0 aliphatic heterocycles. The molecule has 0 bridgehead atoms. The van der Waals surface area contributed by atoms with Gasteiger partial charge >= 0.3 is 6.03 Å². The number of amides is 3. The molecule has 2 rings (SSSR count). The van der Waals surface area contributed by atoms with Crippen LogP contribution in [0.15, 0.2) is 0 Å². The maximum absolute atomic E-state index is 11.3. The third-order valence-corrected chi connectivity index (χ3v) is 5.33. The Balaban J connectivity index is 1.63. The van der Waals surface area contributed by atoms with Gasteiger partial charge in [-0.25, -0.2) is 4.79 Å². The summed E-state index contributed by atoms with van der Waals surface area (Å²) in [4.78, 5) is 22.4. The van der Waals surface area contributed by atoms with Gasteiger partial charge in [-0.3, -0.25) is 4.79 Å². The number of nitrogens with one attached hydrogen (secondary N) is 3. The van der Waals surface area contributed by atoms with Crippen LogP contribution in [0.3, 0.4) is 0 Å². The summed E-state index contributed by atoms with van der Waals surface area (Å²) in [6, 6.07) is 0.702. The van der Waals surface area contributed by atoms with Crippen molar-refractivity contribution in [2.45, 2.75) is 76.8 Å². The maximum atomic E-state index is 11.3. The van der Waals surface area contributed by atoms with Gasteiger partial charge in [-0.2, -0.15) is 0 Å². The van der Waals surface area contributed by atoms with Crippen molar-refractivity contribution in [3.05, 3.63) is 0 Å². The smallest absolute Gasteiger partial charge is 0.314 e. The van der Waals surface area contributed by atoms with E-state index < -0.39 is 0 Å². The van der Waals surface area contributed by atoms with E-state index in [1.807, 2.05) is 0 Å². The van der Waals surface area contributed by atoms with Crippen LogP contribution in [0.4, 0.5) is 4.79 Å². The molecule has 2 aliphatic rings. The highest BCUT2D eigenvalue weighted by Gasteiger charge is 2.27. The van der Waals surface area contributed by atoms with Crippen LogP contribution in [0.1, 0.15) is 64.7 Å². The fourth-order valence-electron chi connectivity index (χ4n) is 4.10. The Bertz CT molecular complexity index is 370.